The van der Waals surface area contributed by atoms with Crippen LogP contribution in [0.1, 0.15) is 56.1 Å². The van der Waals surface area contributed by atoms with Gasteiger partial charge < -0.3 is 14.8 Å². The van der Waals surface area contributed by atoms with E-state index in [1.165, 1.54) is 0 Å². The van der Waals surface area contributed by atoms with E-state index in [-0.39, 0.29) is 23.3 Å². The number of rotatable bonds is 4. The van der Waals surface area contributed by atoms with Crippen LogP contribution in [0.15, 0.2) is 12.3 Å². The molecular formula is C18H27N3O2. The lowest BCUT2D eigenvalue weighted by Crippen LogP contribution is -2.62. The first kappa shape index (κ1) is 16.1. The SMILES string of the molecule is CCCc1[nH]ccc1C(=O)N1CCN(C(=O)C2CC2)CC1(C)C. The lowest BCUT2D eigenvalue weighted by atomic mass is 9.96. The third kappa shape index (κ3) is 3.14. The molecular weight excluding hydrogens is 290 g/mol. The van der Waals surface area contributed by atoms with Crippen LogP contribution in [0.2, 0.25) is 0 Å². The Morgan fingerprint density at radius 2 is 2.04 bits per heavy atom. The molecule has 1 N–H and O–H groups in total. The molecule has 3 rings (SSSR count). The zero-order valence-corrected chi connectivity index (χ0v) is 14.4. The number of carbonyl (C=O) groups excluding carboxylic acids is 2. The van der Waals surface area contributed by atoms with Crippen molar-refractivity contribution in [3.63, 3.8) is 0 Å². The maximum absolute atomic E-state index is 13.0. The molecule has 0 spiro atoms. The number of nitrogens with one attached hydrogen (secondary N) is 1. The van der Waals surface area contributed by atoms with Crippen molar-refractivity contribution in [1.82, 2.24) is 14.8 Å². The van der Waals surface area contributed by atoms with Gasteiger partial charge in [-0.1, -0.05) is 13.3 Å². The van der Waals surface area contributed by atoms with Crippen molar-refractivity contribution >= 4 is 11.8 Å². The maximum Gasteiger partial charge on any atom is 0.256 e. The van der Waals surface area contributed by atoms with Crippen LogP contribution in [0.4, 0.5) is 0 Å². The highest BCUT2D eigenvalue weighted by atomic mass is 16.2. The summed E-state index contributed by atoms with van der Waals surface area (Å²) in [6.45, 7) is 8.12. The number of aromatic nitrogens is 1. The number of hydrogen-bond acceptors (Lipinski definition) is 2. The Morgan fingerprint density at radius 1 is 1.30 bits per heavy atom. The average Bonchev–Trinajstić information content (AvgIpc) is 3.25. The molecule has 2 amide bonds. The third-order valence-corrected chi connectivity index (χ3v) is 4.95. The molecule has 1 saturated carbocycles. The second kappa shape index (κ2) is 6.02. The molecule has 5 heteroatoms. The van der Waals surface area contributed by atoms with E-state index in [0.717, 1.165) is 36.9 Å². The van der Waals surface area contributed by atoms with E-state index >= 15 is 0 Å². The van der Waals surface area contributed by atoms with Gasteiger partial charge in [0, 0.05) is 37.4 Å². The molecule has 1 saturated heterocycles. The first-order valence-electron chi connectivity index (χ1n) is 8.71. The topological polar surface area (TPSA) is 56.4 Å². The third-order valence-electron chi connectivity index (χ3n) is 4.95. The number of carbonyl (C=O) groups is 2. The maximum atomic E-state index is 13.0. The van der Waals surface area contributed by atoms with Crippen LogP contribution in [0.25, 0.3) is 0 Å². The van der Waals surface area contributed by atoms with Crippen LogP contribution >= 0.6 is 0 Å². The number of H-pyrrole nitrogens is 1. The van der Waals surface area contributed by atoms with Crippen molar-refractivity contribution in [1.29, 1.82) is 0 Å². The van der Waals surface area contributed by atoms with Crippen LogP contribution in [0, 0.1) is 5.92 Å². The Hall–Kier alpha value is -1.78. The fourth-order valence-electron chi connectivity index (χ4n) is 3.51. The summed E-state index contributed by atoms with van der Waals surface area (Å²) in [5.41, 5.74) is 1.47. The van der Waals surface area contributed by atoms with E-state index < -0.39 is 0 Å². The first-order valence-corrected chi connectivity index (χ1v) is 8.71. The summed E-state index contributed by atoms with van der Waals surface area (Å²) >= 11 is 0. The van der Waals surface area contributed by atoms with E-state index in [0.29, 0.717) is 19.6 Å². The van der Waals surface area contributed by atoms with E-state index in [1.54, 1.807) is 0 Å². The fourth-order valence-corrected chi connectivity index (χ4v) is 3.51. The van der Waals surface area contributed by atoms with Crippen molar-refractivity contribution < 1.29 is 9.59 Å². The van der Waals surface area contributed by atoms with Gasteiger partial charge in [0.25, 0.3) is 5.91 Å². The molecule has 0 atom stereocenters. The van der Waals surface area contributed by atoms with E-state index in [4.69, 9.17) is 0 Å². The van der Waals surface area contributed by atoms with Crippen molar-refractivity contribution in [2.45, 2.75) is 52.0 Å². The second-order valence-electron chi connectivity index (χ2n) is 7.42. The average molecular weight is 317 g/mol. The van der Waals surface area contributed by atoms with Crippen molar-refractivity contribution in [3.8, 4) is 0 Å². The highest BCUT2D eigenvalue weighted by Crippen LogP contribution is 2.33. The van der Waals surface area contributed by atoms with Crippen LogP contribution in [-0.4, -0.2) is 51.8 Å². The molecule has 1 aliphatic heterocycles. The monoisotopic (exact) mass is 317 g/mol. The number of amides is 2. The van der Waals surface area contributed by atoms with Gasteiger partial charge in [-0.25, -0.2) is 0 Å². The van der Waals surface area contributed by atoms with E-state index in [2.05, 4.69) is 25.8 Å². The lowest BCUT2D eigenvalue weighted by Gasteiger charge is -2.47. The predicted molar refractivity (Wildman–Crippen MR) is 89.2 cm³/mol. The molecule has 0 radical (unpaired) electrons. The Morgan fingerprint density at radius 3 is 2.65 bits per heavy atom. The fraction of sp³-hybridized carbons (Fsp3) is 0.667. The number of piperazine rings is 1. The zero-order chi connectivity index (χ0) is 16.6. The van der Waals surface area contributed by atoms with Crippen LogP contribution in [0.3, 0.4) is 0 Å². The van der Waals surface area contributed by atoms with Crippen LogP contribution in [-0.2, 0) is 11.2 Å². The Bertz CT molecular complexity index is 601. The number of hydrogen-bond donors (Lipinski definition) is 1. The predicted octanol–water partition coefficient (Wildman–Crippen LogP) is 2.44. The summed E-state index contributed by atoms with van der Waals surface area (Å²) < 4.78 is 0. The van der Waals surface area contributed by atoms with Crippen LogP contribution in [0.5, 0.6) is 0 Å². The van der Waals surface area contributed by atoms with Gasteiger partial charge in [0.2, 0.25) is 5.91 Å². The van der Waals surface area contributed by atoms with Gasteiger partial charge in [-0.15, -0.1) is 0 Å². The van der Waals surface area contributed by atoms with Gasteiger partial charge in [0.05, 0.1) is 11.1 Å². The molecule has 0 aromatic carbocycles. The minimum absolute atomic E-state index is 0.0817. The van der Waals surface area contributed by atoms with E-state index in [9.17, 15) is 9.59 Å². The van der Waals surface area contributed by atoms with Crippen molar-refractivity contribution in [2.24, 2.45) is 5.92 Å². The molecule has 2 fully saturated rings. The summed E-state index contributed by atoms with van der Waals surface area (Å²) in [7, 11) is 0. The van der Waals surface area contributed by atoms with Crippen molar-refractivity contribution in [2.75, 3.05) is 19.6 Å². The molecule has 2 aliphatic rings. The first-order chi connectivity index (χ1) is 10.9. The number of aromatic amines is 1. The molecule has 1 aromatic rings. The molecule has 0 bridgehead atoms. The van der Waals surface area contributed by atoms with E-state index in [1.807, 2.05) is 22.1 Å². The van der Waals surface area contributed by atoms with Gasteiger partial charge in [-0.2, -0.15) is 0 Å². The zero-order valence-electron chi connectivity index (χ0n) is 14.4. The van der Waals surface area contributed by atoms with Gasteiger partial charge in [0.15, 0.2) is 0 Å². The van der Waals surface area contributed by atoms with Crippen molar-refractivity contribution in [3.05, 3.63) is 23.5 Å². The standard InChI is InChI=1S/C18H27N3O2/c1-4-5-15-14(8-9-19-15)17(23)21-11-10-20(12-18(21,2)3)16(22)13-6-7-13/h8-9,13,19H,4-7,10-12H2,1-3H3. The summed E-state index contributed by atoms with van der Waals surface area (Å²) in [5.74, 6) is 0.602. The molecule has 1 aromatic heterocycles. The number of aryl methyl sites for hydroxylation is 1. The molecule has 0 unspecified atom stereocenters. The Balaban J connectivity index is 1.74. The van der Waals surface area contributed by atoms with Crippen LogP contribution < -0.4 is 0 Å². The Kier molecular flexibility index (Phi) is 4.21. The quantitative estimate of drug-likeness (QED) is 0.927. The Labute approximate surface area is 138 Å². The summed E-state index contributed by atoms with van der Waals surface area (Å²) in [5, 5.41) is 0. The lowest BCUT2D eigenvalue weighted by molar-refractivity contribution is -0.136. The largest absolute Gasteiger partial charge is 0.364 e. The minimum atomic E-state index is -0.333. The smallest absolute Gasteiger partial charge is 0.256 e. The van der Waals surface area contributed by atoms with Gasteiger partial charge in [-0.05, 0) is 39.2 Å². The highest BCUT2D eigenvalue weighted by molar-refractivity contribution is 5.96. The molecule has 23 heavy (non-hydrogen) atoms. The molecule has 1 aliphatic carbocycles. The second-order valence-corrected chi connectivity index (χ2v) is 7.42. The summed E-state index contributed by atoms with van der Waals surface area (Å²) in [6.07, 6.45) is 5.80. The molecule has 2 heterocycles. The van der Waals surface area contributed by atoms with Gasteiger partial charge >= 0.3 is 0 Å². The molecule has 5 nitrogen and oxygen atoms in total. The minimum Gasteiger partial charge on any atom is -0.364 e. The highest BCUT2D eigenvalue weighted by Gasteiger charge is 2.42. The normalized spacial score (nSPS) is 20.7. The summed E-state index contributed by atoms with van der Waals surface area (Å²) in [4.78, 5) is 32.4. The molecule has 126 valence electrons. The number of nitrogens with zero attached hydrogens (tertiary/aromatic N) is 2. The summed E-state index contributed by atoms with van der Waals surface area (Å²) in [6, 6.07) is 1.88. The van der Waals surface area contributed by atoms with Gasteiger partial charge in [0.1, 0.15) is 0 Å². The van der Waals surface area contributed by atoms with Gasteiger partial charge in [-0.3, -0.25) is 9.59 Å².